The van der Waals surface area contributed by atoms with Gasteiger partial charge in [0.15, 0.2) is 52.9 Å². The number of fused-ring (bicyclic) bond motifs is 5. The Labute approximate surface area is 343 Å². The third-order valence-electron chi connectivity index (χ3n) is 9.58. The molecule has 3 aliphatic heterocycles. The number of carbonyl (C=O) groups excluding carboxylic acids is 2. The number of hydrogen-bond donors (Lipinski definition) is 4. The predicted molar refractivity (Wildman–Crippen MR) is 204 cm³/mol. The van der Waals surface area contributed by atoms with Gasteiger partial charge in [-0.15, -0.1) is 0 Å². The molecule has 0 saturated carbocycles. The van der Waals surface area contributed by atoms with Gasteiger partial charge in [0.05, 0.1) is 45.0 Å². The monoisotopic (exact) mass is 889 g/mol. The number of hydrogen-bond acceptors (Lipinski definition) is 18. The fraction of sp³-hybridized carbons (Fsp3) is 0.441. The molecular formula is C34H35F2N11O12P2. The highest BCUT2D eigenvalue weighted by molar-refractivity contribution is 7.48. The van der Waals surface area contributed by atoms with E-state index >= 15 is 8.78 Å². The number of H-pyrrole nitrogens is 1. The number of aromatic nitrogens is 8. The second-order valence-corrected chi connectivity index (χ2v) is 16.5. The molecule has 0 radical (unpaired) electrons. The molecule has 3 fully saturated rings. The largest absolute Gasteiger partial charge is 0.475 e. The second-order valence-electron chi connectivity index (χ2n) is 13.9. The molecule has 0 spiro atoms. The maximum Gasteiger partial charge on any atom is 0.475 e. The van der Waals surface area contributed by atoms with E-state index < -0.39 is 109 Å². The number of nitrogens with zero attached hydrogens (tertiary/aromatic N) is 8. The first-order valence-corrected chi connectivity index (χ1v) is 21.1. The Bertz CT molecular complexity index is 2580. The topological polar surface area (TPSA) is 291 Å². The van der Waals surface area contributed by atoms with Gasteiger partial charge in [0, 0.05) is 11.5 Å². The molecule has 5 aromatic rings. The lowest BCUT2D eigenvalue weighted by Gasteiger charge is -2.26. The van der Waals surface area contributed by atoms with Crippen molar-refractivity contribution in [3.63, 3.8) is 0 Å². The Morgan fingerprint density at radius 1 is 1.02 bits per heavy atom. The van der Waals surface area contributed by atoms with E-state index in [4.69, 9.17) is 37.4 Å². The zero-order valence-electron chi connectivity index (χ0n) is 31.8. The van der Waals surface area contributed by atoms with Crippen molar-refractivity contribution in [3.8, 4) is 6.07 Å². The lowest BCUT2D eigenvalue weighted by Crippen LogP contribution is -2.34. The van der Waals surface area contributed by atoms with Crippen LogP contribution in [-0.2, 0) is 41.5 Å². The van der Waals surface area contributed by atoms with Gasteiger partial charge in [-0.05, 0) is 12.1 Å². The van der Waals surface area contributed by atoms with E-state index in [0.717, 1.165) is 17.2 Å². The fourth-order valence-corrected chi connectivity index (χ4v) is 8.72. The van der Waals surface area contributed by atoms with Crippen LogP contribution in [0.4, 0.5) is 20.5 Å². The maximum atomic E-state index is 16.7. The quantitative estimate of drug-likeness (QED) is 0.122. The van der Waals surface area contributed by atoms with Gasteiger partial charge < -0.3 is 28.7 Å². The molecule has 27 heteroatoms. The van der Waals surface area contributed by atoms with Gasteiger partial charge in [0.1, 0.15) is 30.7 Å². The van der Waals surface area contributed by atoms with Crippen LogP contribution in [0.1, 0.15) is 43.1 Å². The minimum Gasteiger partial charge on any atom is -0.346 e. The van der Waals surface area contributed by atoms with E-state index in [0.29, 0.717) is 5.56 Å². The zero-order valence-corrected chi connectivity index (χ0v) is 33.6. The first kappa shape index (κ1) is 42.4. The average Bonchev–Trinajstić information content (AvgIpc) is 4.01. The normalized spacial score (nSPS) is 29.4. The number of ether oxygens (including phenoxy) is 2. The summed E-state index contributed by atoms with van der Waals surface area (Å²) in [6.45, 7) is 1.15. The van der Waals surface area contributed by atoms with Crippen molar-refractivity contribution in [2.24, 2.45) is 5.92 Å². The number of aromatic amines is 1. The van der Waals surface area contributed by atoms with Gasteiger partial charge >= 0.3 is 16.4 Å². The maximum absolute atomic E-state index is 16.7. The number of phosphoric acid groups is 1. The fourth-order valence-electron chi connectivity index (χ4n) is 6.56. The van der Waals surface area contributed by atoms with Crippen molar-refractivity contribution in [1.29, 1.82) is 5.26 Å². The molecule has 23 nitrogen and oxygen atoms in total. The molecular weight excluding hydrogens is 854 g/mol. The molecule has 4 aromatic heterocycles. The van der Waals surface area contributed by atoms with Gasteiger partial charge in [-0.1, -0.05) is 32.0 Å². The molecule has 4 N–H and O–H groups in total. The summed E-state index contributed by atoms with van der Waals surface area (Å²) in [7, 11) is -7.96. The SMILES string of the molecule is CC(C)C(=O)Nc1nc2c(ncn2[C@@H]2O[C@@H]3COP(=O)(OCCC#N)O[C@@H]4C(COP(O)OC2[C@@H]3F)O[C@@H](n2cnc3c(NC(=O)c5ccccc5)ncnc32)[C@H]4F)c(=O)[nH]1. The number of amides is 2. The molecule has 1 aromatic carbocycles. The molecule has 3 aliphatic rings. The Morgan fingerprint density at radius 2 is 1.75 bits per heavy atom. The number of anilines is 2. The van der Waals surface area contributed by atoms with Crippen LogP contribution in [0.15, 0.2) is 54.1 Å². The van der Waals surface area contributed by atoms with Crippen LogP contribution < -0.4 is 16.2 Å². The average molecular weight is 890 g/mol. The Hall–Kier alpha value is -5.25. The molecule has 2 amide bonds. The third-order valence-corrected chi connectivity index (χ3v) is 11.8. The van der Waals surface area contributed by atoms with Gasteiger partial charge in [-0.2, -0.15) is 10.2 Å². The number of nitriles is 1. The van der Waals surface area contributed by atoms with Crippen LogP contribution in [0.3, 0.4) is 0 Å². The summed E-state index contributed by atoms with van der Waals surface area (Å²) in [5.74, 6) is -1.68. The summed E-state index contributed by atoms with van der Waals surface area (Å²) in [5, 5.41) is 14.3. The highest BCUT2D eigenvalue weighted by atomic mass is 31.2. The molecule has 10 atom stereocenters. The van der Waals surface area contributed by atoms with Crippen LogP contribution in [0.5, 0.6) is 0 Å². The highest BCUT2D eigenvalue weighted by Crippen LogP contribution is 2.55. The van der Waals surface area contributed by atoms with E-state index in [-0.39, 0.29) is 40.5 Å². The number of imidazole rings is 2. The summed E-state index contributed by atoms with van der Waals surface area (Å²) < 4.78 is 89.4. The van der Waals surface area contributed by atoms with Crippen LogP contribution in [0.25, 0.3) is 22.3 Å². The minimum atomic E-state index is -4.94. The first-order chi connectivity index (χ1) is 29.3. The number of benzene rings is 1. The van der Waals surface area contributed by atoms with Crippen molar-refractivity contribution >= 4 is 62.3 Å². The summed E-state index contributed by atoms with van der Waals surface area (Å²) >= 11 is 0. The lowest BCUT2D eigenvalue weighted by atomic mass is 10.1. The van der Waals surface area contributed by atoms with Crippen molar-refractivity contribution < 1.29 is 59.9 Å². The summed E-state index contributed by atoms with van der Waals surface area (Å²) in [4.78, 5) is 72.5. The van der Waals surface area contributed by atoms with Crippen LogP contribution >= 0.6 is 16.4 Å². The molecule has 4 unspecified atom stereocenters. The molecule has 8 rings (SSSR count). The summed E-state index contributed by atoms with van der Waals surface area (Å²) in [5.41, 5.74) is -0.719. The highest BCUT2D eigenvalue weighted by Gasteiger charge is 2.54. The van der Waals surface area contributed by atoms with Gasteiger partial charge in [0.25, 0.3) is 11.5 Å². The lowest BCUT2D eigenvalue weighted by molar-refractivity contribution is -0.118. The van der Waals surface area contributed by atoms with Gasteiger partial charge in [-0.3, -0.25) is 47.4 Å². The third kappa shape index (κ3) is 8.64. The number of carbonyl (C=O) groups is 2. The molecule has 7 heterocycles. The van der Waals surface area contributed by atoms with Crippen molar-refractivity contribution in [2.45, 2.75) is 69.5 Å². The molecule has 61 heavy (non-hydrogen) atoms. The van der Waals surface area contributed by atoms with Crippen molar-refractivity contribution in [3.05, 3.63) is 65.2 Å². The number of rotatable bonds is 9. The zero-order chi connectivity index (χ0) is 43.0. The summed E-state index contributed by atoms with van der Waals surface area (Å²) in [6, 6.07) is 10.1. The molecule has 322 valence electrons. The standard InChI is InChI=1S/C34H35F2N11O12P2/c1-16(2)29(48)44-34-43-28-23(31(50)45-34)41-15-47(28)33-25-20(35)18(56-33)12-55-61(52,54-10-6-9-37)59-24-19(11-53-60(51)58-25)57-32(21(24)36)46-14-40-22-26(38-13-39-27(22)46)42-30(49)17-7-4-3-5-8-17/h3-5,7-8,13-16,18-21,24-25,32-33,51H,6,10-12H2,1-2H3,(H,38,39,42,49)(H2,43,44,45,48,50)/t18-,19?,20-,21+,24-,25?,32-,33-,60?,61?/m1/s1. The first-order valence-electron chi connectivity index (χ1n) is 18.5. The Kier molecular flexibility index (Phi) is 12.3. The number of alkyl halides is 2. The minimum absolute atomic E-state index is 0.00550. The van der Waals surface area contributed by atoms with Crippen LogP contribution in [0.2, 0.25) is 0 Å². The van der Waals surface area contributed by atoms with Gasteiger partial charge in [0.2, 0.25) is 11.9 Å². The Balaban J connectivity index is 1.08. The van der Waals surface area contributed by atoms with E-state index in [2.05, 4.69) is 40.5 Å². The molecule has 0 aliphatic carbocycles. The summed E-state index contributed by atoms with van der Waals surface area (Å²) in [6.07, 6.45) is -11.1. The van der Waals surface area contributed by atoms with E-state index in [1.807, 2.05) is 6.07 Å². The predicted octanol–water partition coefficient (Wildman–Crippen LogP) is 3.35. The van der Waals surface area contributed by atoms with E-state index in [1.54, 1.807) is 44.2 Å². The Morgan fingerprint density at radius 3 is 2.51 bits per heavy atom. The van der Waals surface area contributed by atoms with E-state index in [1.165, 1.54) is 10.9 Å². The van der Waals surface area contributed by atoms with E-state index in [9.17, 15) is 23.8 Å². The van der Waals surface area contributed by atoms with Crippen molar-refractivity contribution in [2.75, 3.05) is 30.5 Å². The number of phosphoric ester groups is 1. The smallest absolute Gasteiger partial charge is 0.346 e. The molecule has 2 bridgehead atoms. The van der Waals surface area contributed by atoms with Gasteiger partial charge in [-0.25, -0.2) is 33.3 Å². The van der Waals surface area contributed by atoms with Crippen molar-refractivity contribution in [1.82, 2.24) is 39.0 Å². The number of nitrogens with one attached hydrogen (secondary N) is 3. The molecule has 3 saturated heterocycles. The van der Waals surface area contributed by atoms with Crippen LogP contribution in [0, 0.1) is 17.2 Å². The number of halogens is 2. The second kappa shape index (κ2) is 17.6. The van der Waals surface area contributed by atoms with Crippen LogP contribution in [-0.4, -0.2) is 112 Å².